The molecule has 0 saturated carbocycles. The first-order valence-electron chi connectivity index (χ1n) is 10.7. The Labute approximate surface area is 176 Å². The third kappa shape index (κ3) is 4.04. The predicted octanol–water partition coefficient (Wildman–Crippen LogP) is 2.82. The van der Waals surface area contributed by atoms with Gasteiger partial charge in [-0.3, -0.25) is 9.59 Å². The number of amides is 2. The van der Waals surface area contributed by atoms with E-state index >= 15 is 0 Å². The molecule has 4 rings (SSSR count). The van der Waals surface area contributed by atoms with Crippen molar-refractivity contribution in [3.05, 3.63) is 69.3 Å². The van der Waals surface area contributed by atoms with E-state index in [1.54, 1.807) is 16.7 Å². The van der Waals surface area contributed by atoms with Crippen molar-refractivity contribution >= 4 is 11.8 Å². The summed E-state index contributed by atoms with van der Waals surface area (Å²) in [5.41, 5.74) is 1.48. The number of carbonyl (C=O) groups is 2. The van der Waals surface area contributed by atoms with Crippen molar-refractivity contribution in [2.75, 3.05) is 20.1 Å². The van der Waals surface area contributed by atoms with Crippen LogP contribution in [-0.4, -0.2) is 47.8 Å². The molecule has 158 valence electrons. The molecule has 1 aromatic heterocycles. The highest BCUT2D eigenvalue weighted by molar-refractivity contribution is 5.95. The topological polar surface area (TPSA) is 70.8 Å². The Morgan fingerprint density at radius 2 is 1.93 bits per heavy atom. The van der Waals surface area contributed by atoms with Crippen LogP contribution in [0.1, 0.15) is 46.5 Å². The third-order valence-corrected chi connectivity index (χ3v) is 6.45. The molecule has 2 amide bonds. The molecule has 0 aliphatic carbocycles. The summed E-state index contributed by atoms with van der Waals surface area (Å²) in [5.74, 6) is 0.615. The normalized spacial score (nSPS) is 21.1. The van der Waals surface area contributed by atoms with E-state index in [2.05, 4.69) is 12.1 Å². The Morgan fingerprint density at radius 1 is 1.17 bits per heavy atom. The molecule has 2 saturated heterocycles. The van der Waals surface area contributed by atoms with E-state index in [4.69, 9.17) is 4.42 Å². The van der Waals surface area contributed by atoms with Gasteiger partial charge in [0.1, 0.15) is 11.3 Å². The molecule has 2 aliphatic heterocycles. The van der Waals surface area contributed by atoms with Crippen LogP contribution in [0.3, 0.4) is 0 Å². The van der Waals surface area contributed by atoms with Crippen molar-refractivity contribution in [1.82, 2.24) is 9.80 Å². The summed E-state index contributed by atoms with van der Waals surface area (Å²) in [6.45, 7) is 2.86. The van der Waals surface area contributed by atoms with Crippen molar-refractivity contribution in [2.24, 2.45) is 5.92 Å². The molecular weight excluding hydrogens is 380 g/mol. The van der Waals surface area contributed by atoms with Gasteiger partial charge in [-0.25, -0.2) is 4.79 Å². The number of piperidine rings is 1. The van der Waals surface area contributed by atoms with Crippen LogP contribution in [-0.2, 0) is 17.6 Å². The largest absolute Gasteiger partial charge is 0.427 e. The van der Waals surface area contributed by atoms with Gasteiger partial charge in [0.05, 0.1) is 0 Å². The minimum Gasteiger partial charge on any atom is -0.427 e. The third-order valence-electron chi connectivity index (χ3n) is 6.45. The van der Waals surface area contributed by atoms with Gasteiger partial charge in [0.15, 0.2) is 0 Å². The zero-order valence-corrected chi connectivity index (χ0v) is 17.6. The fourth-order valence-corrected chi connectivity index (χ4v) is 4.79. The standard InChI is InChI=1S/C24H28N2O4/c1-16-13-19(10-6-9-17-7-4-3-5-8-17)30-24(29)22(16)23(28)26-12-11-20-18(15-26)14-21(27)25(20)2/h3-5,7-8,13,18,20H,6,9-12,14-15H2,1-2H3/t18-,20+/m1/s1. The summed E-state index contributed by atoms with van der Waals surface area (Å²) in [6, 6.07) is 12.2. The van der Waals surface area contributed by atoms with E-state index in [1.165, 1.54) is 5.56 Å². The fraction of sp³-hybridized carbons (Fsp3) is 0.458. The second-order valence-electron chi connectivity index (χ2n) is 8.47. The average molecular weight is 408 g/mol. The van der Waals surface area contributed by atoms with E-state index in [0.717, 1.165) is 19.3 Å². The number of carbonyl (C=O) groups excluding carboxylic acids is 2. The maximum absolute atomic E-state index is 13.1. The molecular formula is C24H28N2O4. The molecule has 0 unspecified atom stereocenters. The van der Waals surface area contributed by atoms with Gasteiger partial charge in [-0.2, -0.15) is 0 Å². The smallest absolute Gasteiger partial charge is 0.349 e. The molecule has 0 N–H and O–H groups in total. The lowest BCUT2D eigenvalue weighted by Gasteiger charge is -2.36. The lowest BCUT2D eigenvalue weighted by atomic mass is 9.92. The van der Waals surface area contributed by atoms with Crippen LogP contribution in [0.15, 0.2) is 45.6 Å². The summed E-state index contributed by atoms with van der Waals surface area (Å²) in [4.78, 5) is 41.2. The van der Waals surface area contributed by atoms with Gasteiger partial charge in [-0.05, 0) is 43.4 Å². The van der Waals surface area contributed by atoms with Gasteiger partial charge in [0, 0.05) is 44.9 Å². The van der Waals surface area contributed by atoms with Crippen molar-refractivity contribution in [3.8, 4) is 0 Å². The molecule has 2 fully saturated rings. The van der Waals surface area contributed by atoms with Gasteiger partial charge in [-0.15, -0.1) is 0 Å². The number of hydrogen-bond donors (Lipinski definition) is 0. The highest BCUT2D eigenvalue weighted by Crippen LogP contribution is 2.31. The second kappa shape index (κ2) is 8.46. The van der Waals surface area contributed by atoms with E-state index in [9.17, 15) is 14.4 Å². The molecule has 1 aromatic carbocycles. The molecule has 30 heavy (non-hydrogen) atoms. The number of benzene rings is 1. The molecule has 2 aromatic rings. The van der Waals surface area contributed by atoms with Crippen molar-refractivity contribution in [1.29, 1.82) is 0 Å². The van der Waals surface area contributed by atoms with Gasteiger partial charge in [0.25, 0.3) is 5.91 Å². The van der Waals surface area contributed by atoms with Crippen LogP contribution in [0, 0.1) is 12.8 Å². The van der Waals surface area contributed by atoms with E-state index in [0.29, 0.717) is 37.3 Å². The number of likely N-dealkylation sites (tertiary alicyclic amines) is 2. The quantitative estimate of drug-likeness (QED) is 0.763. The summed E-state index contributed by atoms with van der Waals surface area (Å²) < 4.78 is 5.49. The average Bonchev–Trinajstić information content (AvgIpc) is 3.01. The molecule has 3 heterocycles. The van der Waals surface area contributed by atoms with Gasteiger partial charge in [0.2, 0.25) is 5.91 Å². The Bertz CT molecular complexity index is 998. The number of fused-ring (bicyclic) bond motifs is 1. The summed E-state index contributed by atoms with van der Waals surface area (Å²) in [5, 5.41) is 0. The lowest BCUT2D eigenvalue weighted by molar-refractivity contribution is -0.127. The summed E-state index contributed by atoms with van der Waals surface area (Å²) >= 11 is 0. The first-order chi connectivity index (χ1) is 14.4. The van der Waals surface area contributed by atoms with Crippen LogP contribution < -0.4 is 5.63 Å². The van der Waals surface area contributed by atoms with Crippen molar-refractivity contribution < 1.29 is 14.0 Å². The number of aryl methyl sites for hydroxylation is 3. The molecule has 0 spiro atoms. The number of rotatable bonds is 5. The molecule has 0 bridgehead atoms. The Kier molecular flexibility index (Phi) is 5.75. The highest BCUT2D eigenvalue weighted by Gasteiger charge is 2.42. The molecule has 2 aliphatic rings. The SMILES string of the molecule is Cc1cc(CCCc2ccccc2)oc(=O)c1C(=O)N1CC[C@H]2[C@H](CC(=O)N2C)C1. The van der Waals surface area contributed by atoms with Crippen LogP contribution in [0.2, 0.25) is 0 Å². The lowest BCUT2D eigenvalue weighted by Crippen LogP contribution is -2.48. The Morgan fingerprint density at radius 3 is 2.67 bits per heavy atom. The zero-order valence-electron chi connectivity index (χ0n) is 17.6. The number of hydrogen-bond acceptors (Lipinski definition) is 4. The monoisotopic (exact) mass is 408 g/mol. The first kappa shape index (κ1) is 20.4. The Hall–Kier alpha value is -2.89. The van der Waals surface area contributed by atoms with Gasteiger partial charge < -0.3 is 14.2 Å². The molecule has 6 heteroatoms. The summed E-state index contributed by atoms with van der Waals surface area (Å²) in [7, 11) is 1.83. The summed E-state index contributed by atoms with van der Waals surface area (Å²) in [6.07, 6.45) is 3.66. The molecule has 2 atom stereocenters. The molecule has 0 radical (unpaired) electrons. The fourth-order valence-electron chi connectivity index (χ4n) is 4.79. The van der Waals surface area contributed by atoms with Crippen molar-refractivity contribution in [3.63, 3.8) is 0 Å². The molecule has 6 nitrogen and oxygen atoms in total. The van der Waals surface area contributed by atoms with Crippen LogP contribution in [0.4, 0.5) is 0 Å². The number of nitrogens with zero attached hydrogens (tertiary/aromatic N) is 2. The van der Waals surface area contributed by atoms with Crippen LogP contribution >= 0.6 is 0 Å². The van der Waals surface area contributed by atoms with E-state index in [1.807, 2.05) is 31.3 Å². The van der Waals surface area contributed by atoms with Gasteiger partial charge in [-0.1, -0.05) is 30.3 Å². The minimum absolute atomic E-state index is 0.123. The highest BCUT2D eigenvalue weighted by atomic mass is 16.4. The second-order valence-corrected chi connectivity index (χ2v) is 8.47. The van der Waals surface area contributed by atoms with Crippen LogP contribution in [0.25, 0.3) is 0 Å². The van der Waals surface area contributed by atoms with E-state index in [-0.39, 0.29) is 29.3 Å². The predicted molar refractivity (Wildman–Crippen MR) is 113 cm³/mol. The maximum Gasteiger partial charge on any atom is 0.349 e. The van der Waals surface area contributed by atoms with Crippen molar-refractivity contribution in [2.45, 2.75) is 45.1 Å². The maximum atomic E-state index is 13.1. The zero-order chi connectivity index (χ0) is 21.3. The Balaban J connectivity index is 1.42. The van der Waals surface area contributed by atoms with Gasteiger partial charge >= 0.3 is 5.63 Å². The van der Waals surface area contributed by atoms with E-state index < -0.39 is 5.63 Å². The van der Waals surface area contributed by atoms with Crippen LogP contribution in [0.5, 0.6) is 0 Å². The minimum atomic E-state index is -0.559. The first-order valence-corrected chi connectivity index (χ1v) is 10.7.